The summed E-state index contributed by atoms with van der Waals surface area (Å²) in [6, 6.07) is 8.81. The molecule has 14 heavy (non-hydrogen) atoms. The molecule has 0 aromatic heterocycles. The Kier molecular flexibility index (Phi) is 2.34. The fourth-order valence-electron chi connectivity index (χ4n) is 2.77. The standard InChI is InChI=1S/C11H9Br3/c12-9-7-5-3-1-2-4-6(5)8(9)11(14)10(7)13/h1-4,7-11H/t7-,8+,9?,10-,11-/m1/s1. The van der Waals surface area contributed by atoms with Gasteiger partial charge in [0.1, 0.15) is 0 Å². The molecule has 0 heterocycles. The van der Waals surface area contributed by atoms with E-state index in [9.17, 15) is 0 Å². The first-order valence-corrected chi connectivity index (χ1v) is 7.47. The largest absolute Gasteiger partial charge is 0.0876 e. The molecule has 2 aliphatic rings. The van der Waals surface area contributed by atoms with Crippen LogP contribution >= 0.6 is 47.8 Å². The second-order valence-corrected chi connectivity index (χ2v) is 7.19. The molecule has 3 rings (SSSR count). The van der Waals surface area contributed by atoms with Crippen molar-refractivity contribution in [3.8, 4) is 0 Å². The number of alkyl halides is 3. The quantitative estimate of drug-likeness (QED) is 0.592. The Morgan fingerprint density at radius 3 is 1.57 bits per heavy atom. The molecule has 1 saturated carbocycles. The first-order valence-electron chi connectivity index (χ1n) is 4.73. The fraction of sp³-hybridized carbons (Fsp3) is 0.455. The van der Waals surface area contributed by atoms with Crippen molar-refractivity contribution in [2.75, 3.05) is 0 Å². The van der Waals surface area contributed by atoms with Gasteiger partial charge in [0.05, 0.1) is 0 Å². The maximum absolute atomic E-state index is 3.83. The zero-order valence-corrected chi connectivity index (χ0v) is 12.1. The van der Waals surface area contributed by atoms with E-state index >= 15 is 0 Å². The zero-order chi connectivity index (χ0) is 9.87. The molecule has 2 aliphatic carbocycles. The van der Waals surface area contributed by atoms with Gasteiger partial charge in [-0.25, -0.2) is 0 Å². The Morgan fingerprint density at radius 1 is 0.714 bits per heavy atom. The van der Waals surface area contributed by atoms with Crippen LogP contribution in [0.3, 0.4) is 0 Å². The Balaban J connectivity index is 2.19. The van der Waals surface area contributed by atoms with E-state index in [1.165, 1.54) is 11.1 Å². The third kappa shape index (κ3) is 1.09. The summed E-state index contributed by atoms with van der Waals surface area (Å²) >= 11 is 11.4. The van der Waals surface area contributed by atoms with Gasteiger partial charge in [0.2, 0.25) is 0 Å². The number of halogens is 3. The van der Waals surface area contributed by atoms with E-state index in [0.717, 1.165) is 0 Å². The van der Waals surface area contributed by atoms with Crippen LogP contribution in [0.2, 0.25) is 0 Å². The lowest BCUT2D eigenvalue weighted by Crippen LogP contribution is -2.21. The molecule has 1 aromatic carbocycles. The van der Waals surface area contributed by atoms with Crippen molar-refractivity contribution in [2.45, 2.75) is 26.3 Å². The predicted molar refractivity (Wildman–Crippen MR) is 70.1 cm³/mol. The average molecular weight is 381 g/mol. The Hall–Kier alpha value is 0.660. The molecule has 2 bridgehead atoms. The summed E-state index contributed by atoms with van der Waals surface area (Å²) in [5.74, 6) is 1.25. The first-order chi connectivity index (χ1) is 6.72. The summed E-state index contributed by atoms with van der Waals surface area (Å²) in [7, 11) is 0. The smallest absolute Gasteiger partial charge is 0.0357 e. The van der Waals surface area contributed by atoms with Crippen molar-refractivity contribution in [3.63, 3.8) is 0 Å². The van der Waals surface area contributed by atoms with E-state index in [1.807, 2.05) is 0 Å². The third-order valence-electron chi connectivity index (χ3n) is 3.39. The maximum atomic E-state index is 3.83. The minimum Gasteiger partial charge on any atom is -0.0876 e. The first kappa shape index (κ1) is 9.86. The van der Waals surface area contributed by atoms with Gasteiger partial charge < -0.3 is 0 Å². The van der Waals surface area contributed by atoms with Crippen LogP contribution < -0.4 is 0 Å². The van der Waals surface area contributed by atoms with Crippen LogP contribution in [0.25, 0.3) is 0 Å². The fourth-order valence-corrected chi connectivity index (χ4v) is 6.71. The number of hydrogen-bond donors (Lipinski definition) is 0. The second kappa shape index (κ2) is 3.33. The van der Waals surface area contributed by atoms with Crippen LogP contribution in [0.15, 0.2) is 24.3 Å². The number of hydrogen-bond acceptors (Lipinski definition) is 0. The monoisotopic (exact) mass is 378 g/mol. The van der Waals surface area contributed by atoms with Gasteiger partial charge in [-0.1, -0.05) is 72.1 Å². The molecule has 0 N–H and O–H groups in total. The Morgan fingerprint density at radius 2 is 1.14 bits per heavy atom. The van der Waals surface area contributed by atoms with E-state index in [1.54, 1.807) is 0 Å². The van der Waals surface area contributed by atoms with Crippen LogP contribution in [0.4, 0.5) is 0 Å². The highest BCUT2D eigenvalue weighted by Crippen LogP contribution is 2.60. The summed E-state index contributed by atoms with van der Waals surface area (Å²) in [4.78, 5) is 1.71. The van der Waals surface area contributed by atoms with E-state index in [4.69, 9.17) is 0 Å². The van der Waals surface area contributed by atoms with E-state index < -0.39 is 0 Å². The minimum absolute atomic E-state index is 0.562. The van der Waals surface area contributed by atoms with Gasteiger partial charge in [-0.05, 0) is 11.1 Å². The average Bonchev–Trinajstić information content (AvgIpc) is 2.58. The Labute approximate surface area is 109 Å². The van der Waals surface area contributed by atoms with Crippen molar-refractivity contribution < 1.29 is 0 Å². The van der Waals surface area contributed by atoms with Crippen LogP contribution in [0.5, 0.6) is 0 Å². The molecule has 5 atom stereocenters. The van der Waals surface area contributed by atoms with Gasteiger partial charge in [-0.2, -0.15) is 0 Å². The van der Waals surface area contributed by atoms with Crippen molar-refractivity contribution in [2.24, 2.45) is 0 Å². The molecule has 74 valence electrons. The molecule has 1 fully saturated rings. The molecule has 0 amide bonds. The third-order valence-corrected chi connectivity index (χ3v) is 7.52. The van der Waals surface area contributed by atoms with Crippen molar-refractivity contribution in [1.82, 2.24) is 0 Å². The highest BCUT2D eigenvalue weighted by molar-refractivity contribution is 9.12. The lowest BCUT2D eigenvalue weighted by molar-refractivity contribution is 0.772. The highest BCUT2D eigenvalue weighted by Gasteiger charge is 2.54. The van der Waals surface area contributed by atoms with Crippen LogP contribution in [0, 0.1) is 0 Å². The number of rotatable bonds is 0. The van der Waals surface area contributed by atoms with Gasteiger partial charge in [0.15, 0.2) is 0 Å². The second-order valence-electron chi connectivity index (χ2n) is 4.01. The normalized spacial score (nSPS) is 44.1. The van der Waals surface area contributed by atoms with Gasteiger partial charge in [-0.3, -0.25) is 0 Å². The SMILES string of the molecule is BrC1[C@H]2c3ccccc3[C@@H]1[C@@H](Br)[C@@H]2Br. The molecule has 0 spiro atoms. The van der Waals surface area contributed by atoms with Gasteiger partial charge >= 0.3 is 0 Å². The summed E-state index contributed by atoms with van der Waals surface area (Å²) in [6.07, 6.45) is 0. The molecule has 1 aromatic rings. The lowest BCUT2D eigenvalue weighted by Gasteiger charge is -2.24. The van der Waals surface area contributed by atoms with Crippen molar-refractivity contribution >= 4 is 47.8 Å². The number of fused-ring (bicyclic) bond motifs is 5. The summed E-state index contributed by atoms with van der Waals surface area (Å²) in [6.45, 7) is 0. The van der Waals surface area contributed by atoms with Crippen molar-refractivity contribution in [1.29, 1.82) is 0 Å². The van der Waals surface area contributed by atoms with Gasteiger partial charge in [-0.15, -0.1) is 0 Å². The molecule has 1 unspecified atom stereocenters. The molecular formula is C11H9Br3. The molecular weight excluding hydrogens is 372 g/mol. The van der Waals surface area contributed by atoms with E-state index in [-0.39, 0.29) is 0 Å². The lowest BCUT2D eigenvalue weighted by atomic mass is 9.92. The van der Waals surface area contributed by atoms with Crippen LogP contribution in [-0.2, 0) is 0 Å². The summed E-state index contributed by atoms with van der Waals surface area (Å²) in [5.41, 5.74) is 3.05. The van der Waals surface area contributed by atoms with E-state index in [0.29, 0.717) is 26.3 Å². The predicted octanol–water partition coefficient (Wildman–Crippen LogP) is 4.17. The maximum Gasteiger partial charge on any atom is 0.0357 e. The molecule has 0 nitrogen and oxygen atoms in total. The van der Waals surface area contributed by atoms with E-state index in [2.05, 4.69) is 72.1 Å². The Bertz CT molecular complexity index is 342. The highest BCUT2D eigenvalue weighted by atomic mass is 79.9. The molecule has 3 heteroatoms. The van der Waals surface area contributed by atoms with Crippen LogP contribution in [-0.4, -0.2) is 14.5 Å². The zero-order valence-electron chi connectivity index (χ0n) is 7.33. The van der Waals surface area contributed by atoms with Crippen LogP contribution in [0.1, 0.15) is 23.0 Å². The van der Waals surface area contributed by atoms with Gasteiger partial charge in [0.25, 0.3) is 0 Å². The van der Waals surface area contributed by atoms with Crippen molar-refractivity contribution in [3.05, 3.63) is 35.4 Å². The molecule has 0 radical (unpaired) electrons. The number of benzene rings is 1. The van der Waals surface area contributed by atoms with Gasteiger partial charge in [0, 0.05) is 26.3 Å². The minimum atomic E-state index is 0.562. The molecule has 0 saturated heterocycles. The molecule has 0 aliphatic heterocycles. The summed E-state index contributed by atoms with van der Waals surface area (Å²) in [5, 5.41) is 0. The topological polar surface area (TPSA) is 0 Å². The summed E-state index contributed by atoms with van der Waals surface area (Å²) < 4.78 is 0.